The van der Waals surface area contributed by atoms with Crippen LogP contribution in [0.1, 0.15) is 29.5 Å². The van der Waals surface area contributed by atoms with Gasteiger partial charge in [0.15, 0.2) is 0 Å². The maximum absolute atomic E-state index is 14.3. The van der Waals surface area contributed by atoms with Crippen molar-refractivity contribution in [2.75, 3.05) is 6.54 Å². The summed E-state index contributed by atoms with van der Waals surface area (Å²) in [6.07, 6.45) is 2.90. The molecule has 0 aliphatic carbocycles. The molecule has 3 rings (SSSR count). The quantitative estimate of drug-likeness (QED) is 0.648. The molecule has 0 spiro atoms. The third-order valence-electron chi connectivity index (χ3n) is 4.37. The van der Waals surface area contributed by atoms with Gasteiger partial charge in [0, 0.05) is 16.5 Å². The molecule has 2 aromatic carbocycles. The Labute approximate surface area is 136 Å². The number of hydrogen-bond acceptors (Lipinski definition) is 1. The van der Waals surface area contributed by atoms with Gasteiger partial charge >= 0.3 is 0 Å². The van der Waals surface area contributed by atoms with Gasteiger partial charge in [-0.3, -0.25) is 0 Å². The van der Waals surface area contributed by atoms with E-state index in [1.165, 1.54) is 28.1 Å². The molecule has 0 radical (unpaired) electrons. The lowest BCUT2D eigenvalue weighted by Gasteiger charge is -2.07. The molecule has 1 aromatic heterocycles. The molecule has 1 heterocycles. The van der Waals surface area contributed by atoms with Gasteiger partial charge in [-0.15, -0.1) is 0 Å². The van der Waals surface area contributed by atoms with E-state index in [2.05, 4.69) is 31.0 Å². The lowest BCUT2D eigenvalue weighted by atomic mass is 9.97. The van der Waals surface area contributed by atoms with E-state index in [0.717, 1.165) is 30.5 Å². The predicted octanol–water partition coefficient (Wildman–Crippen LogP) is 4.87. The van der Waals surface area contributed by atoms with Gasteiger partial charge < -0.3 is 10.7 Å². The summed E-state index contributed by atoms with van der Waals surface area (Å²) < 4.78 is 14.3. The number of rotatable bonds is 5. The molecule has 120 valence electrons. The largest absolute Gasteiger partial charge is 0.354 e. The van der Waals surface area contributed by atoms with Crippen molar-refractivity contribution >= 4 is 10.9 Å². The zero-order chi connectivity index (χ0) is 16.4. The Morgan fingerprint density at radius 1 is 1.09 bits per heavy atom. The SMILES string of the molecule is Cc1cc(C)c2c(CCCCN)c(-c3ccccc3F)[nH]c2c1. The highest BCUT2D eigenvalue weighted by molar-refractivity contribution is 5.93. The minimum Gasteiger partial charge on any atom is -0.354 e. The summed E-state index contributed by atoms with van der Waals surface area (Å²) >= 11 is 0. The molecule has 0 aliphatic heterocycles. The standard InChI is InChI=1S/C20H23FN2/c1-13-11-14(2)19-16(8-5-6-10-22)20(23-18(19)12-13)15-7-3-4-9-17(15)21/h3-4,7,9,11-12,23H,5-6,8,10,22H2,1-2H3. The monoisotopic (exact) mass is 310 g/mol. The zero-order valence-corrected chi connectivity index (χ0v) is 13.7. The first kappa shape index (κ1) is 15.8. The highest BCUT2D eigenvalue weighted by Gasteiger charge is 2.17. The number of H-pyrrole nitrogens is 1. The average Bonchev–Trinajstić information content (AvgIpc) is 2.86. The third kappa shape index (κ3) is 3.02. The molecule has 3 heteroatoms. The van der Waals surface area contributed by atoms with Crippen LogP contribution in [0.3, 0.4) is 0 Å². The van der Waals surface area contributed by atoms with E-state index in [1.54, 1.807) is 6.07 Å². The summed E-state index contributed by atoms with van der Waals surface area (Å²) in [5.74, 6) is -0.187. The Morgan fingerprint density at radius 2 is 1.87 bits per heavy atom. The number of aryl methyl sites for hydroxylation is 3. The fourth-order valence-corrected chi connectivity index (χ4v) is 3.39. The van der Waals surface area contributed by atoms with Gasteiger partial charge in [-0.25, -0.2) is 4.39 Å². The van der Waals surface area contributed by atoms with Gasteiger partial charge in [-0.2, -0.15) is 0 Å². The Bertz CT molecular complexity index is 833. The molecule has 23 heavy (non-hydrogen) atoms. The van der Waals surface area contributed by atoms with Crippen molar-refractivity contribution in [2.45, 2.75) is 33.1 Å². The second kappa shape index (κ2) is 6.55. The van der Waals surface area contributed by atoms with Crippen LogP contribution in [0.15, 0.2) is 36.4 Å². The number of fused-ring (bicyclic) bond motifs is 1. The van der Waals surface area contributed by atoms with E-state index in [9.17, 15) is 4.39 Å². The third-order valence-corrected chi connectivity index (χ3v) is 4.37. The molecule has 3 aromatic rings. The number of hydrogen-bond donors (Lipinski definition) is 2. The van der Waals surface area contributed by atoms with Crippen LogP contribution in [0.25, 0.3) is 22.2 Å². The zero-order valence-electron chi connectivity index (χ0n) is 13.7. The first-order valence-electron chi connectivity index (χ1n) is 8.18. The topological polar surface area (TPSA) is 41.8 Å². The summed E-state index contributed by atoms with van der Waals surface area (Å²) in [6.45, 7) is 4.90. The maximum atomic E-state index is 14.3. The Kier molecular flexibility index (Phi) is 4.49. The smallest absolute Gasteiger partial charge is 0.132 e. The van der Waals surface area contributed by atoms with Crippen LogP contribution in [0.5, 0.6) is 0 Å². The van der Waals surface area contributed by atoms with Crippen molar-refractivity contribution in [1.29, 1.82) is 0 Å². The van der Waals surface area contributed by atoms with Crippen molar-refractivity contribution in [1.82, 2.24) is 4.98 Å². The molecule has 3 N–H and O–H groups in total. The molecule has 0 unspecified atom stereocenters. The van der Waals surface area contributed by atoms with E-state index < -0.39 is 0 Å². The number of unbranched alkanes of at least 4 members (excludes halogenated alkanes) is 1. The van der Waals surface area contributed by atoms with E-state index in [1.807, 2.05) is 12.1 Å². The van der Waals surface area contributed by atoms with Crippen molar-refractivity contribution in [3.63, 3.8) is 0 Å². The van der Waals surface area contributed by atoms with Gasteiger partial charge in [0.1, 0.15) is 5.82 Å². The molecule has 0 bridgehead atoms. The molecule has 0 aliphatic rings. The van der Waals surface area contributed by atoms with Gasteiger partial charge in [0.2, 0.25) is 0 Å². The van der Waals surface area contributed by atoms with E-state index in [-0.39, 0.29) is 5.82 Å². The molecule has 0 saturated carbocycles. The highest BCUT2D eigenvalue weighted by atomic mass is 19.1. The second-order valence-corrected chi connectivity index (χ2v) is 6.21. The van der Waals surface area contributed by atoms with Crippen LogP contribution in [-0.2, 0) is 6.42 Å². The molecular weight excluding hydrogens is 287 g/mol. The fourth-order valence-electron chi connectivity index (χ4n) is 3.39. The van der Waals surface area contributed by atoms with Crippen LogP contribution in [0, 0.1) is 19.7 Å². The Hall–Kier alpha value is -2.13. The summed E-state index contributed by atoms with van der Waals surface area (Å²) in [7, 11) is 0. The maximum Gasteiger partial charge on any atom is 0.132 e. The van der Waals surface area contributed by atoms with Gasteiger partial charge in [-0.1, -0.05) is 18.2 Å². The molecular formula is C20H23FN2. The van der Waals surface area contributed by atoms with Crippen LogP contribution in [0.2, 0.25) is 0 Å². The lowest BCUT2D eigenvalue weighted by molar-refractivity contribution is 0.630. The summed E-state index contributed by atoms with van der Waals surface area (Å²) in [5.41, 5.74) is 11.9. The number of aromatic amines is 1. The van der Waals surface area contributed by atoms with Crippen LogP contribution in [0.4, 0.5) is 4.39 Å². The van der Waals surface area contributed by atoms with Crippen LogP contribution < -0.4 is 5.73 Å². The van der Waals surface area contributed by atoms with Crippen molar-refractivity contribution in [3.8, 4) is 11.3 Å². The minimum atomic E-state index is -0.187. The van der Waals surface area contributed by atoms with E-state index in [4.69, 9.17) is 5.73 Å². The normalized spacial score (nSPS) is 11.3. The number of halogens is 1. The number of nitrogens with one attached hydrogen (secondary N) is 1. The second-order valence-electron chi connectivity index (χ2n) is 6.21. The van der Waals surface area contributed by atoms with Gasteiger partial charge in [-0.05, 0) is 74.5 Å². The first-order valence-corrected chi connectivity index (χ1v) is 8.18. The summed E-state index contributed by atoms with van der Waals surface area (Å²) in [6, 6.07) is 11.3. The molecule has 0 amide bonds. The number of aromatic nitrogens is 1. The van der Waals surface area contributed by atoms with Crippen LogP contribution >= 0.6 is 0 Å². The van der Waals surface area contributed by atoms with Gasteiger partial charge in [0.25, 0.3) is 0 Å². The number of nitrogens with two attached hydrogens (primary N) is 1. The van der Waals surface area contributed by atoms with Crippen molar-refractivity contribution in [3.05, 3.63) is 58.9 Å². The Morgan fingerprint density at radius 3 is 2.61 bits per heavy atom. The van der Waals surface area contributed by atoms with Gasteiger partial charge in [0.05, 0.1) is 5.69 Å². The van der Waals surface area contributed by atoms with Crippen LogP contribution in [-0.4, -0.2) is 11.5 Å². The van der Waals surface area contributed by atoms with E-state index in [0.29, 0.717) is 12.1 Å². The predicted molar refractivity (Wildman–Crippen MR) is 95.2 cm³/mol. The summed E-state index contributed by atoms with van der Waals surface area (Å²) in [5, 5.41) is 1.23. The average molecular weight is 310 g/mol. The molecule has 2 nitrogen and oxygen atoms in total. The van der Waals surface area contributed by atoms with E-state index >= 15 is 0 Å². The first-order chi connectivity index (χ1) is 11.1. The molecule has 0 fully saturated rings. The molecule has 0 saturated heterocycles. The minimum absolute atomic E-state index is 0.187. The molecule has 0 atom stereocenters. The fraction of sp³-hybridized carbons (Fsp3) is 0.300. The Balaban J connectivity index is 2.21. The summed E-state index contributed by atoms with van der Waals surface area (Å²) in [4.78, 5) is 3.46. The highest BCUT2D eigenvalue weighted by Crippen LogP contribution is 2.35. The van der Waals surface area contributed by atoms with Crippen molar-refractivity contribution in [2.24, 2.45) is 5.73 Å². The number of benzene rings is 2. The lowest BCUT2D eigenvalue weighted by Crippen LogP contribution is -1.99. The van der Waals surface area contributed by atoms with Crippen molar-refractivity contribution < 1.29 is 4.39 Å².